The minimum atomic E-state index is 0.622. The number of pyridine rings is 1. The van der Waals surface area contributed by atoms with Crippen molar-refractivity contribution in [1.29, 1.82) is 0 Å². The Labute approximate surface area is 99.8 Å². The molecule has 3 heteroatoms. The standard InChI is InChI=1S/C12H17BrN2/c1-3-10-8-7-9(2)15(10)12-6-4-5-11(13)14-12/h4-6,9-10H,3,7-8H2,1-2H3. The number of hydrogen-bond donors (Lipinski definition) is 0. The van der Waals surface area contributed by atoms with E-state index in [0.29, 0.717) is 12.1 Å². The van der Waals surface area contributed by atoms with Gasteiger partial charge in [0, 0.05) is 12.1 Å². The Morgan fingerprint density at radius 3 is 2.93 bits per heavy atom. The van der Waals surface area contributed by atoms with Crippen LogP contribution in [-0.4, -0.2) is 17.1 Å². The normalized spacial score (nSPS) is 25.9. The Kier molecular flexibility index (Phi) is 3.29. The SMILES string of the molecule is CCC1CCC(C)N1c1cccc(Br)n1. The van der Waals surface area contributed by atoms with Crippen molar-refractivity contribution >= 4 is 21.7 Å². The Balaban J connectivity index is 2.28. The summed E-state index contributed by atoms with van der Waals surface area (Å²) in [5.74, 6) is 1.11. The highest BCUT2D eigenvalue weighted by molar-refractivity contribution is 9.10. The first-order valence-electron chi connectivity index (χ1n) is 5.63. The molecule has 0 aliphatic carbocycles. The predicted octanol–water partition coefficient (Wildman–Crippen LogP) is 3.61. The van der Waals surface area contributed by atoms with Crippen molar-refractivity contribution in [3.05, 3.63) is 22.8 Å². The van der Waals surface area contributed by atoms with E-state index in [0.717, 1.165) is 10.4 Å². The summed E-state index contributed by atoms with van der Waals surface area (Å²) >= 11 is 3.43. The lowest BCUT2D eigenvalue weighted by molar-refractivity contribution is 0.621. The van der Waals surface area contributed by atoms with Crippen LogP contribution in [0.1, 0.15) is 33.1 Å². The molecule has 1 aromatic heterocycles. The third-order valence-corrected chi connectivity index (χ3v) is 3.66. The van der Waals surface area contributed by atoms with Crippen molar-refractivity contribution in [3.8, 4) is 0 Å². The molecule has 15 heavy (non-hydrogen) atoms. The maximum atomic E-state index is 4.55. The van der Waals surface area contributed by atoms with Crippen LogP contribution in [0.2, 0.25) is 0 Å². The average Bonchev–Trinajstić information content (AvgIpc) is 2.59. The highest BCUT2D eigenvalue weighted by atomic mass is 79.9. The Hall–Kier alpha value is -0.570. The van der Waals surface area contributed by atoms with Crippen LogP contribution in [0.3, 0.4) is 0 Å². The van der Waals surface area contributed by atoms with Crippen LogP contribution in [0.25, 0.3) is 0 Å². The summed E-state index contributed by atoms with van der Waals surface area (Å²) in [7, 11) is 0. The molecule has 1 saturated heterocycles. The van der Waals surface area contributed by atoms with E-state index in [-0.39, 0.29) is 0 Å². The van der Waals surface area contributed by atoms with Gasteiger partial charge in [-0.15, -0.1) is 0 Å². The predicted molar refractivity (Wildman–Crippen MR) is 67.2 cm³/mol. The monoisotopic (exact) mass is 268 g/mol. The topological polar surface area (TPSA) is 16.1 Å². The number of aromatic nitrogens is 1. The molecule has 2 nitrogen and oxygen atoms in total. The molecule has 0 saturated carbocycles. The summed E-state index contributed by atoms with van der Waals surface area (Å²) in [6.07, 6.45) is 3.79. The van der Waals surface area contributed by atoms with Gasteiger partial charge in [0.05, 0.1) is 0 Å². The van der Waals surface area contributed by atoms with Gasteiger partial charge in [-0.2, -0.15) is 0 Å². The average molecular weight is 269 g/mol. The van der Waals surface area contributed by atoms with Crippen molar-refractivity contribution in [2.45, 2.75) is 45.2 Å². The summed E-state index contributed by atoms with van der Waals surface area (Å²) in [5, 5.41) is 0. The van der Waals surface area contributed by atoms with Gasteiger partial charge < -0.3 is 4.90 Å². The first-order valence-corrected chi connectivity index (χ1v) is 6.42. The molecule has 0 spiro atoms. The smallest absolute Gasteiger partial charge is 0.130 e. The van der Waals surface area contributed by atoms with Gasteiger partial charge in [-0.05, 0) is 54.2 Å². The van der Waals surface area contributed by atoms with Gasteiger partial charge in [0.1, 0.15) is 10.4 Å². The number of rotatable bonds is 2. The van der Waals surface area contributed by atoms with Crippen molar-refractivity contribution in [1.82, 2.24) is 4.98 Å². The fraction of sp³-hybridized carbons (Fsp3) is 0.583. The minimum absolute atomic E-state index is 0.622. The first-order chi connectivity index (χ1) is 7.22. The number of anilines is 1. The summed E-state index contributed by atoms with van der Waals surface area (Å²) in [6.45, 7) is 4.55. The van der Waals surface area contributed by atoms with Crippen LogP contribution in [0, 0.1) is 0 Å². The molecule has 1 aliphatic heterocycles. The molecule has 82 valence electrons. The molecule has 1 fully saturated rings. The van der Waals surface area contributed by atoms with E-state index in [2.05, 4.69) is 51.8 Å². The minimum Gasteiger partial charge on any atom is -0.351 e. The Morgan fingerprint density at radius 1 is 1.47 bits per heavy atom. The number of halogens is 1. The highest BCUT2D eigenvalue weighted by Gasteiger charge is 2.29. The second-order valence-electron chi connectivity index (χ2n) is 4.21. The molecule has 2 unspecified atom stereocenters. The molecule has 0 amide bonds. The lowest BCUT2D eigenvalue weighted by atomic mass is 10.1. The van der Waals surface area contributed by atoms with Gasteiger partial charge in [0.25, 0.3) is 0 Å². The summed E-state index contributed by atoms with van der Waals surface area (Å²) in [5.41, 5.74) is 0. The zero-order valence-corrected chi connectivity index (χ0v) is 10.9. The second kappa shape index (κ2) is 4.52. The van der Waals surface area contributed by atoms with Crippen molar-refractivity contribution in [2.75, 3.05) is 4.90 Å². The van der Waals surface area contributed by atoms with E-state index in [9.17, 15) is 0 Å². The maximum absolute atomic E-state index is 4.55. The molecule has 1 aromatic rings. The molecule has 0 aromatic carbocycles. The van der Waals surface area contributed by atoms with Gasteiger partial charge >= 0.3 is 0 Å². The lowest BCUT2D eigenvalue weighted by Crippen LogP contribution is -2.34. The molecule has 0 N–H and O–H groups in total. The lowest BCUT2D eigenvalue weighted by Gasteiger charge is -2.29. The van der Waals surface area contributed by atoms with E-state index < -0.39 is 0 Å². The molecular weight excluding hydrogens is 252 g/mol. The summed E-state index contributed by atoms with van der Waals surface area (Å²) in [6, 6.07) is 7.43. The fourth-order valence-corrected chi connectivity index (χ4v) is 2.76. The zero-order valence-electron chi connectivity index (χ0n) is 9.28. The molecular formula is C12H17BrN2. The largest absolute Gasteiger partial charge is 0.351 e. The third kappa shape index (κ3) is 2.17. The van der Waals surface area contributed by atoms with E-state index in [1.807, 2.05) is 6.07 Å². The van der Waals surface area contributed by atoms with E-state index in [1.165, 1.54) is 19.3 Å². The van der Waals surface area contributed by atoms with Gasteiger partial charge in [-0.25, -0.2) is 4.98 Å². The maximum Gasteiger partial charge on any atom is 0.130 e. The Morgan fingerprint density at radius 2 is 2.27 bits per heavy atom. The van der Waals surface area contributed by atoms with E-state index in [4.69, 9.17) is 0 Å². The molecule has 2 heterocycles. The fourth-order valence-electron chi connectivity index (χ4n) is 2.43. The molecule has 0 radical (unpaired) electrons. The number of hydrogen-bond acceptors (Lipinski definition) is 2. The van der Waals surface area contributed by atoms with Gasteiger partial charge in [-0.3, -0.25) is 0 Å². The van der Waals surface area contributed by atoms with Gasteiger partial charge in [-0.1, -0.05) is 13.0 Å². The van der Waals surface area contributed by atoms with Crippen LogP contribution in [0.5, 0.6) is 0 Å². The quantitative estimate of drug-likeness (QED) is 0.762. The van der Waals surface area contributed by atoms with Gasteiger partial charge in [0.15, 0.2) is 0 Å². The summed E-state index contributed by atoms with van der Waals surface area (Å²) < 4.78 is 0.925. The van der Waals surface area contributed by atoms with Crippen LogP contribution in [-0.2, 0) is 0 Å². The van der Waals surface area contributed by atoms with Crippen LogP contribution < -0.4 is 4.90 Å². The van der Waals surface area contributed by atoms with Crippen molar-refractivity contribution in [3.63, 3.8) is 0 Å². The molecule has 2 rings (SSSR count). The molecule has 2 atom stereocenters. The Bertz CT molecular complexity index is 340. The highest BCUT2D eigenvalue weighted by Crippen LogP contribution is 2.31. The van der Waals surface area contributed by atoms with Crippen LogP contribution in [0.15, 0.2) is 22.8 Å². The van der Waals surface area contributed by atoms with Crippen LogP contribution in [0.4, 0.5) is 5.82 Å². The van der Waals surface area contributed by atoms with Crippen molar-refractivity contribution in [2.24, 2.45) is 0 Å². The molecule has 1 aliphatic rings. The van der Waals surface area contributed by atoms with Gasteiger partial charge in [0.2, 0.25) is 0 Å². The van der Waals surface area contributed by atoms with E-state index >= 15 is 0 Å². The molecule has 0 bridgehead atoms. The van der Waals surface area contributed by atoms with Crippen molar-refractivity contribution < 1.29 is 0 Å². The zero-order chi connectivity index (χ0) is 10.8. The third-order valence-electron chi connectivity index (χ3n) is 3.22. The van der Waals surface area contributed by atoms with E-state index in [1.54, 1.807) is 0 Å². The first kappa shape index (κ1) is 10.9. The number of nitrogens with zero attached hydrogens (tertiary/aromatic N) is 2. The van der Waals surface area contributed by atoms with Crippen LogP contribution >= 0.6 is 15.9 Å². The summed E-state index contributed by atoms with van der Waals surface area (Å²) in [4.78, 5) is 7.01. The second-order valence-corrected chi connectivity index (χ2v) is 5.03.